The number of nitrogens with zero attached hydrogens (tertiary/aromatic N) is 2. The van der Waals surface area contributed by atoms with Crippen molar-refractivity contribution in [1.82, 2.24) is 15.1 Å². The van der Waals surface area contributed by atoms with Crippen LogP contribution < -0.4 is 34.0 Å². The fourth-order valence-corrected chi connectivity index (χ4v) is 10.1. The van der Waals surface area contributed by atoms with Crippen LogP contribution in [0, 0.1) is 11.8 Å². The van der Waals surface area contributed by atoms with E-state index in [0.29, 0.717) is 17.9 Å². The number of carbonyl (C=O) groups excluding carboxylic acids is 2. The number of aliphatic hydroxyl groups is 6. The summed E-state index contributed by atoms with van der Waals surface area (Å²) >= 11 is 1.45. The zero-order chi connectivity index (χ0) is 43.1. The number of nitrogens with one attached hydrogen (secondary N) is 1. The van der Waals surface area contributed by atoms with E-state index in [4.69, 9.17) is 47.6 Å². The number of carboxylic acids is 1. The summed E-state index contributed by atoms with van der Waals surface area (Å²) in [5.41, 5.74) is 29.8. The van der Waals surface area contributed by atoms with Crippen LogP contribution in [0.5, 0.6) is 0 Å². The lowest BCUT2D eigenvalue weighted by atomic mass is 9.79. The average Bonchev–Trinajstić information content (AvgIpc) is 3.72. The third kappa shape index (κ3) is 9.35. The van der Waals surface area contributed by atoms with E-state index in [1.807, 2.05) is 6.92 Å². The molecule has 0 aromatic heterocycles. The maximum Gasteiger partial charge on any atom is 0.353 e. The molecule has 1 aliphatic carbocycles. The fourth-order valence-electron chi connectivity index (χ4n) is 8.58. The smallest absolute Gasteiger partial charge is 0.353 e. The molecule has 20 atom stereocenters. The van der Waals surface area contributed by atoms with Gasteiger partial charge in [-0.25, -0.2) is 4.79 Å². The number of hydrogen-bond acceptors (Lipinski definition) is 20. The molecule has 0 aromatic carbocycles. The van der Waals surface area contributed by atoms with Crippen molar-refractivity contribution >= 4 is 29.5 Å². The Balaban J connectivity index is 0.000000226. The van der Waals surface area contributed by atoms with Crippen molar-refractivity contribution < 1.29 is 69.1 Å². The summed E-state index contributed by atoms with van der Waals surface area (Å²) in [5, 5.41) is 73.5. The molecule has 0 bridgehead atoms. The van der Waals surface area contributed by atoms with Crippen LogP contribution in [0.1, 0.15) is 33.1 Å². The average molecular weight is 851 g/mol. The molecular formula is C35H62N8O14S. The molecule has 5 aliphatic heterocycles. The Morgan fingerprint density at radius 1 is 0.948 bits per heavy atom. The van der Waals surface area contributed by atoms with E-state index in [-0.39, 0.29) is 60.1 Å². The Morgan fingerprint density at radius 3 is 2.10 bits per heavy atom. The summed E-state index contributed by atoms with van der Waals surface area (Å²) in [6.07, 6.45) is -11.0. The maximum absolute atomic E-state index is 12.3. The van der Waals surface area contributed by atoms with Gasteiger partial charge in [-0.3, -0.25) is 9.59 Å². The van der Waals surface area contributed by atoms with E-state index >= 15 is 0 Å². The number of carbonyl (C=O) groups is 3. The molecular weight excluding hydrogens is 788 g/mol. The van der Waals surface area contributed by atoms with Crippen molar-refractivity contribution in [2.24, 2.45) is 40.5 Å². The first kappa shape index (κ1) is 46.9. The Labute approximate surface area is 340 Å². The van der Waals surface area contributed by atoms with Crippen molar-refractivity contribution in [3.8, 4) is 0 Å². The highest BCUT2D eigenvalue weighted by Crippen LogP contribution is 2.52. The molecule has 22 nitrogen and oxygen atoms in total. The molecule has 6 rings (SSSR count). The molecule has 0 radical (unpaired) electrons. The highest BCUT2D eigenvalue weighted by molar-refractivity contribution is 8.03. The zero-order valence-corrected chi connectivity index (χ0v) is 33.8. The molecule has 0 unspecified atom stereocenters. The van der Waals surface area contributed by atoms with Gasteiger partial charge in [-0.2, -0.15) is 0 Å². The number of fused-ring (bicyclic) bond motifs is 1. The van der Waals surface area contributed by atoms with Crippen LogP contribution in [0.4, 0.5) is 0 Å². The highest BCUT2D eigenvalue weighted by atomic mass is 32.2. The van der Waals surface area contributed by atoms with Crippen LogP contribution in [0.15, 0.2) is 10.6 Å². The van der Waals surface area contributed by atoms with E-state index in [1.165, 1.54) is 16.7 Å². The molecule has 0 aromatic rings. The number of likely N-dealkylation sites (N-methyl/N-ethyl adjacent to an activating group) is 1. The largest absolute Gasteiger partial charge is 0.477 e. The summed E-state index contributed by atoms with van der Waals surface area (Å²) < 4.78 is 22.7. The standard InChI is InChI=1S/C18H37N5O9.C17H25N3O5S/c19-3-9-8(25)2-7(22)17(29-9)31-15-5(20)1-6(21)16(14(15)28)32-18-13(27)11(23)12(26)10(4-24)30-18;1-7-12-11(8(2)21)16(23)20(12)13(17(24)25)14(7)26-9-5-10(18-6-9)15(22)19(3)4/h5-18,24-28H,1-4,19-23H2;7-12,18,21H,5-6H2,1-4H3,(H,24,25)/t5-,6+,7+,8-,9+,10+,11-,12+,13+,14-,15+,16-,17+,18+;7-,8-,9+,10+,11-,12-/m01/s1. The normalized spacial score (nSPS) is 44.6. The molecule has 2 amide bonds. The molecule has 1 saturated carbocycles. The van der Waals surface area contributed by atoms with E-state index in [1.54, 1.807) is 25.9 Å². The molecule has 18 N–H and O–H groups in total. The third-order valence-corrected chi connectivity index (χ3v) is 13.4. The summed E-state index contributed by atoms with van der Waals surface area (Å²) in [4.78, 5) is 39.8. The second kappa shape index (κ2) is 19.3. The number of thioether (sulfide) groups is 1. The van der Waals surface area contributed by atoms with Crippen LogP contribution in [0.25, 0.3) is 0 Å². The monoisotopic (exact) mass is 850 g/mol. The topological polar surface area (TPSA) is 378 Å². The van der Waals surface area contributed by atoms with Crippen LogP contribution in [-0.2, 0) is 33.3 Å². The fraction of sp³-hybridized carbons (Fsp3) is 0.857. The molecule has 5 heterocycles. The van der Waals surface area contributed by atoms with E-state index in [9.17, 15) is 50.1 Å². The molecule has 332 valence electrons. The number of β-lactam (4-membered cyclic amide) rings is 1. The third-order valence-electron chi connectivity index (χ3n) is 11.8. The van der Waals surface area contributed by atoms with Gasteiger partial charge < -0.3 is 98.5 Å². The minimum absolute atomic E-state index is 0.00757. The Kier molecular flexibility index (Phi) is 15.6. The second-order valence-corrected chi connectivity index (χ2v) is 17.6. The number of nitrogens with two attached hydrogens (primary N) is 5. The first-order valence-corrected chi connectivity index (χ1v) is 20.4. The number of aliphatic carboxylic acids is 1. The first-order valence-electron chi connectivity index (χ1n) is 19.5. The van der Waals surface area contributed by atoms with Crippen molar-refractivity contribution in [3.05, 3.63) is 10.6 Å². The van der Waals surface area contributed by atoms with Crippen LogP contribution in [0.2, 0.25) is 0 Å². The summed E-state index contributed by atoms with van der Waals surface area (Å²) in [6, 6.07) is -3.83. The van der Waals surface area contributed by atoms with Gasteiger partial charge in [0.15, 0.2) is 12.6 Å². The first-order chi connectivity index (χ1) is 27.2. The summed E-state index contributed by atoms with van der Waals surface area (Å²) in [5.74, 6) is -2.14. The Bertz CT molecular complexity index is 1500. The Morgan fingerprint density at radius 2 is 1.55 bits per heavy atom. The van der Waals surface area contributed by atoms with Crippen molar-refractivity contribution in [2.45, 2.75) is 142 Å². The second-order valence-electron chi connectivity index (χ2n) is 16.2. The van der Waals surface area contributed by atoms with Gasteiger partial charge in [-0.15, -0.1) is 11.8 Å². The van der Waals surface area contributed by atoms with Gasteiger partial charge in [0.2, 0.25) is 11.8 Å². The molecule has 5 fully saturated rings. The van der Waals surface area contributed by atoms with Gasteiger partial charge in [0, 0.05) is 55.3 Å². The summed E-state index contributed by atoms with van der Waals surface area (Å²) in [7, 11) is 3.42. The van der Waals surface area contributed by atoms with E-state index < -0.39 is 110 Å². The molecule has 58 heavy (non-hydrogen) atoms. The number of amides is 2. The molecule has 4 saturated heterocycles. The van der Waals surface area contributed by atoms with Gasteiger partial charge in [-0.1, -0.05) is 6.92 Å². The van der Waals surface area contributed by atoms with Gasteiger partial charge in [0.25, 0.3) is 0 Å². The predicted molar refractivity (Wildman–Crippen MR) is 204 cm³/mol. The number of aliphatic hydroxyl groups excluding tert-OH is 6. The molecule has 6 aliphatic rings. The van der Waals surface area contributed by atoms with Crippen molar-refractivity contribution in [1.29, 1.82) is 0 Å². The molecule has 0 spiro atoms. The summed E-state index contributed by atoms with van der Waals surface area (Å²) in [6.45, 7) is 3.58. The van der Waals surface area contributed by atoms with Gasteiger partial charge in [0.1, 0.15) is 42.3 Å². The predicted octanol–water partition coefficient (Wildman–Crippen LogP) is -6.60. The lowest BCUT2D eigenvalue weighted by Gasteiger charge is -2.47. The van der Waals surface area contributed by atoms with E-state index in [0.717, 1.165) is 0 Å². The van der Waals surface area contributed by atoms with Crippen LogP contribution in [0.3, 0.4) is 0 Å². The lowest BCUT2D eigenvalue weighted by Crippen LogP contribution is -2.68. The number of rotatable bonds is 11. The van der Waals surface area contributed by atoms with Crippen LogP contribution >= 0.6 is 11.8 Å². The van der Waals surface area contributed by atoms with Crippen molar-refractivity contribution in [2.75, 3.05) is 33.8 Å². The minimum Gasteiger partial charge on any atom is -0.477 e. The lowest BCUT2D eigenvalue weighted by molar-refractivity contribution is -0.314. The number of ether oxygens (including phenoxy) is 4. The number of hydrogen-bond donors (Lipinski definition) is 13. The van der Waals surface area contributed by atoms with Gasteiger partial charge in [-0.05, 0) is 26.2 Å². The van der Waals surface area contributed by atoms with Gasteiger partial charge in [0.05, 0.1) is 55.0 Å². The quantitative estimate of drug-likeness (QED) is 0.0859. The highest BCUT2D eigenvalue weighted by Gasteiger charge is 2.60. The number of carboxylic acid groups (broad SMARTS) is 1. The zero-order valence-electron chi connectivity index (χ0n) is 33.0. The Hall–Kier alpha value is -2.14. The SMILES string of the molecule is C[C@@H](O)[C@H]1C(=O)N2C(C(=O)O)=C(S[C@@H]3CN[C@H](C(=O)N(C)C)C3)[C@H](C)[C@H]12.NC[C@H]1O[C@H](O[C@H]2[C@H](O)[C@@H](O[C@H]3O[C@H](CO)[C@@H](O)[C@H](N)[C@H]3O)[C@H](N)C[C@@H]2N)[C@H](N)C[C@@H]1O. The van der Waals surface area contributed by atoms with E-state index in [2.05, 4.69) is 5.32 Å². The maximum atomic E-state index is 12.3. The van der Waals surface area contributed by atoms with Crippen molar-refractivity contribution in [3.63, 3.8) is 0 Å². The van der Waals surface area contributed by atoms with Crippen LogP contribution in [-0.4, -0.2) is 206 Å². The minimum atomic E-state index is -1.44. The molecule has 23 heteroatoms. The van der Waals surface area contributed by atoms with Gasteiger partial charge >= 0.3 is 5.97 Å².